The fourth-order valence-corrected chi connectivity index (χ4v) is 3.66. The van der Waals surface area contributed by atoms with Gasteiger partial charge in [-0.15, -0.1) is 0 Å². The van der Waals surface area contributed by atoms with Crippen molar-refractivity contribution in [2.75, 3.05) is 12.0 Å². The van der Waals surface area contributed by atoms with Gasteiger partial charge in [0, 0.05) is 11.4 Å². The second-order valence-corrected chi connectivity index (χ2v) is 7.90. The Morgan fingerprint density at radius 1 is 1.35 bits per heavy atom. The Morgan fingerprint density at radius 3 is 2.77 bits per heavy atom. The van der Waals surface area contributed by atoms with E-state index in [1.165, 1.54) is 12.1 Å². The van der Waals surface area contributed by atoms with E-state index in [1.807, 2.05) is 6.26 Å². The topological polar surface area (TPSA) is 72.5 Å². The third kappa shape index (κ3) is 5.89. The summed E-state index contributed by atoms with van der Waals surface area (Å²) in [6.45, 7) is 0. The molecule has 0 unspecified atom stereocenters. The zero-order valence-electron chi connectivity index (χ0n) is 14.4. The minimum atomic E-state index is -0.837. The Hall–Kier alpha value is -1.24. The van der Waals surface area contributed by atoms with E-state index in [0.29, 0.717) is 30.0 Å². The van der Waals surface area contributed by atoms with Crippen LogP contribution < -0.4 is 5.32 Å². The van der Waals surface area contributed by atoms with Crippen molar-refractivity contribution in [1.29, 1.82) is 0 Å². The fourth-order valence-electron chi connectivity index (χ4n) is 2.69. The molecule has 1 saturated carbocycles. The third-order valence-corrected chi connectivity index (χ3v) is 5.33. The van der Waals surface area contributed by atoms with E-state index < -0.39 is 24.0 Å². The van der Waals surface area contributed by atoms with E-state index in [-0.39, 0.29) is 16.4 Å². The van der Waals surface area contributed by atoms with Gasteiger partial charge in [-0.1, -0.05) is 23.2 Å². The van der Waals surface area contributed by atoms with Gasteiger partial charge >= 0.3 is 5.97 Å². The molecule has 5 nitrogen and oxygen atoms in total. The van der Waals surface area contributed by atoms with Crippen LogP contribution >= 0.6 is 35.0 Å². The van der Waals surface area contributed by atoms with Crippen LogP contribution in [0.3, 0.4) is 0 Å². The molecule has 0 heterocycles. The summed E-state index contributed by atoms with van der Waals surface area (Å²) >= 11 is 13.5. The lowest BCUT2D eigenvalue weighted by Crippen LogP contribution is -2.44. The second kappa shape index (κ2) is 10.2. The molecule has 1 aliphatic rings. The maximum absolute atomic E-state index is 12.5. The summed E-state index contributed by atoms with van der Waals surface area (Å²) in [7, 11) is 0. The Balaban J connectivity index is 2.06. The van der Waals surface area contributed by atoms with Crippen LogP contribution in [-0.2, 0) is 14.3 Å². The van der Waals surface area contributed by atoms with E-state index in [0.717, 1.165) is 12.8 Å². The van der Waals surface area contributed by atoms with E-state index >= 15 is 0 Å². The number of ether oxygens (including phenoxy) is 1. The van der Waals surface area contributed by atoms with Gasteiger partial charge in [-0.25, -0.2) is 4.79 Å². The number of ketones is 1. The monoisotopic (exact) mass is 417 g/mol. The maximum atomic E-state index is 12.5. The summed E-state index contributed by atoms with van der Waals surface area (Å²) in [5, 5.41) is 3.29. The Morgan fingerprint density at radius 2 is 2.12 bits per heavy atom. The fraction of sp³-hybridized carbons (Fsp3) is 0.500. The van der Waals surface area contributed by atoms with Gasteiger partial charge in [-0.2, -0.15) is 11.8 Å². The number of nitrogens with one attached hydrogen (secondary N) is 1. The van der Waals surface area contributed by atoms with Crippen molar-refractivity contribution in [3.63, 3.8) is 0 Å². The molecule has 0 aromatic heterocycles. The van der Waals surface area contributed by atoms with Gasteiger partial charge in [0.15, 0.2) is 11.9 Å². The maximum Gasteiger partial charge on any atom is 0.329 e. The summed E-state index contributed by atoms with van der Waals surface area (Å²) in [5.74, 6) is -0.463. The van der Waals surface area contributed by atoms with Crippen molar-refractivity contribution >= 4 is 52.6 Å². The van der Waals surface area contributed by atoms with Crippen LogP contribution in [0.1, 0.15) is 42.5 Å². The molecule has 0 bridgehead atoms. The predicted molar refractivity (Wildman–Crippen MR) is 104 cm³/mol. The summed E-state index contributed by atoms with van der Waals surface area (Å²) in [6, 6.07) is 3.69. The molecule has 1 fully saturated rings. The first-order chi connectivity index (χ1) is 12.4. The van der Waals surface area contributed by atoms with Gasteiger partial charge in [-0.3, -0.25) is 9.59 Å². The number of carbonyl (C=O) groups is 3. The molecule has 0 spiro atoms. The second-order valence-electron chi connectivity index (χ2n) is 6.07. The van der Waals surface area contributed by atoms with Crippen LogP contribution in [-0.4, -0.2) is 41.8 Å². The van der Waals surface area contributed by atoms with Gasteiger partial charge in [0.05, 0.1) is 10.6 Å². The first-order valence-electron chi connectivity index (χ1n) is 8.40. The molecule has 0 saturated heterocycles. The third-order valence-electron chi connectivity index (χ3n) is 4.13. The molecule has 8 heteroatoms. The molecule has 1 aromatic carbocycles. The van der Waals surface area contributed by atoms with Crippen molar-refractivity contribution in [3.8, 4) is 0 Å². The summed E-state index contributed by atoms with van der Waals surface area (Å²) in [4.78, 5) is 36.9. The van der Waals surface area contributed by atoms with Gasteiger partial charge < -0.3 is 10.1 Å². The predicted octanol–water partition coefficient (Wildman–Crippen LogP) is 3.90. The molecule has 1 N–H and O–H groups in total. The molecule has 26 heavy (non-hydrogen) atoms. The highest BCUT2D eigenvalue weighted by Gasteiger charge is 2.30. The van der Waals surface area contributed by atoms with Crippen LogP contribution in [0.15, 0.2) is 18.2 Å². The van der Waals surface area contributed by atoms with Gasteiger partial charge in [0.25, 0.3) is 5.91 Å². The zero-order chi connectivity index (χ0) is 19.1. The number of thioether (sulfide) groups is 1. The number of Topliss-reactive ketones (excluding diaryl/α,β-unsaturated/α-hetero) is 1. The summed E-state index contributed by atoms with van der Waals surface area (Å²) in [6.07, 6.45) is 4.25. The molecular weight excluding hydrogens is 397 g/mol. The highest BCUT2D eigenvalue weighted by atomic mass is 35.5. The number of halogens is 2. The van der Waals surface area contributed by atoms with Crippen molar-refractivity contribution in [2.45, 2.75) is 44.2 Å². The minimum Gasteiger partial charge on any atom is -0.453 e. The Kier molecular flexibility index (Phi) is 8.25. The zero-order valence-corrected chi connectivity index (χ0v) is 16.8. The van der Waals surface area contributed by atoms with Crippen molar-refractivity contribution in [3.05, 3.63) is 33.8 Å². The molecule has 1 aromatic rings. The van der Waals surface area contributed by atoms with Crippen molar-refractivity contribution in [1.82, 2.24) is 5.32 Å². The van der Waals surface area contributed by atoms with Gasteiger partial charge in [0.2, 0.25) is 0 Å². The first kappa shape index (κ1) is 21.1. The minimum absolute atomic E-state index is 0.0553. The molecule has 0 radical (unpaired) electrons. The lowest BCUT2D eigenvalue weighted by atomic mass is 9.96. The van der Waals surface area contributed by atoms with Crippen LogP contribution in [0.2, 0.25) is 10.0 Å². The number of hydrogen-bond acceptors (Lipinski definition) is 5. The Bertz CT molecular complexity index is 683. The van der Waals surface area contributed by atoms with Crippen molar-refractivity contribution in [2.24, 2.45) is 0 Å². The van der Waals surface area contributed by atoms with E-state index in [4.69, 9.17) is 27.9 Å². The summed E-state index contributed by atoms with van der Waals surface area (Å²) < 4.78 is 5.38. The summed E-state index contributed by atoms with van der Waals surface area (Å²) in [5.41, 5.74) is 0.228. The number of rotatable bonds is 7. The van der Waals surface area contributed by atoms with E-state index in [1.54, 1.807) is 17.8 Å². The average molecular weight is 418 g/mol. The molecule has 0 aliphatic heterocycles. The number of esters is 1. The van der Waals surface area contributed by atoms with E-state index in [9.17, 15) is 14.4 Å². The standard InChI is InChI=1S/C18H21Cl2NO4S/c1-26-9-8-14(18(24)25-16-5-3-2-4-15(16)22)21-17(23)12-7-6-11(19)10-13(12)20/h6-7,10,14,16H,2-5,8-9H2,1H3,(H,21,23)/t14-,16-/m0/s1. The molecule has 1 amide bonds. The number of carbonyl (C=O) groups excluding carboxylic acids is 3. The molecule has 142 valence electrons. The first-order valence-corrected chi connectivity index (χ1v) is 10.6. The highest BCUT2D eigenvalue weighted by molar-refractivity contribution is 7.98. The van der Waals surface area contributed by atoms with Crippen LogP contribution in [0.4, 0.5) is 0 Å². The largest absolute Gasteiger partial charge is 0.453 e. The quantitative estimate of drug-likeness (QED) is 0.680. The normalized spacial score (nSPS) is 18.3. The molecule has 1 aliphatic carbocycles. The van der Waals surface area contributed by atoms with Gasteiger partial charge in [-0.05, 0) is 55.9 Å². The highest BCUT2D eigenvalue weighted by Crippen LogP contribution is 2.22. The average Bonchev–Trinajstić information content (AvgIpc) is 2.60. The molecule has 2 rings (SSSR count). The van der Waals surface area contributed by atoms with Gasteiger partial charge in [0.1, 0.15) is 6.04 Å². The lowest BCUT2D eigenvalue weighted by molar-refractivity contribution is -0.158. The lowest BCUT2D eigenvalue weighted by Gasteiger charge is -2.24. The number of amides is 1. The molecular formula is C18H21Cl2NO4S. The number of hydrogen-bond donors (Lipinski definition) is 1. The number of benzene rings is 1. The Labute approximate surface area is 167 Å². The molecule has 2 atom stereocenters. The van der Waals surface area contributed by atoms with E-state index in [2.05, 4.69) is 5.32 Å². The van der Waals surface area contributed by atoms with Crippen LogP contribution in [0.25, 0.3) is 0 Å². The van der Waals surface area contributed by atoms with Crippen LogP contribution in [0, 0.1) is 0 Å². The smallest absolute Gasteiger partial charge is 0.329 e. The van der Waals surface area contributed by atoms with Crippen LogP contribution in [0.5, 0.6) is 0 Å². The van der Waals surface area contributed by atoms with Crippen molar-refractivity contribution < 1.29 is 19.1 Å². The SMILES string of the molecule is CSCC[C@H](NC(=O)c1ccc(Cl)cc1Cl)C(=O)O[C@H]1CCCCC1=O.